The molecule has 17 nitrogen and oxygen atoms in total. The van der Waals surface area contributed by atoms with Crippen LogP contribution in [0.15, 0.2) is 93.8 Å². The van der Waals surface area contributed by atoms with Gasteiger partial charge in [-0.15, -0.1) is 11.3 Å². The number of aryl methyl sites for hydroxylation is 2. The molecule has 22 heteroatoms. The summed E-state index contributed by atoms with van der Waals surface area (Å²) in [6, 6.07) is 15.9. The normalized spacial score (nSPS) is 18.6. The second kappa shape index (κ2) is 24.2. The number of nitrogens with zero attached hydrogens (tertiary/aromatic N) is 5. The van der Waals surface area contributed by atoms with Crippen LogP contribution in [-0.2, 0) is 20.6 Å². The number of aromatic nitrogens is 3. The van der Waals surface area contributed by atoms with Gasteiger partial charge in [-0.3, -0.25) is 33.7 Å². The average molecular weight is 1110 g/mol. The summed E-state index contributed by atoms with van der Waals surface area (Å²) in [5, 5.41) is 23.1. The zero-order valence-corrected chi connectivity index (χ0v) is 45.6. The van der Waals surface area contributed by atoms with Crippen LogP contribution in [0.1, 0.15) is 114 Å². The fourth-order valence-corrected chi connectivity index (χ4v) is 11.1. The van der Waals surface area contributed by atoms with Gasteiger partial charge in [0.05, 0.1) is 56.4 Å². The number of aromatic amines is 1. The van der Waals surface area contributed by atoms with E-state index in [-0.39, 0.29) is 84.9 Å². The van der Waals surface area contributed by atoms with Crippen LogP contribution in [0.25, 0.3) is 21.6 Å². The summed E-state index contributed by atoms with van der Waals surface area (Å²) in [6.45, 7) is 12.3. The molecule has 5 N–H and O–H groups in total. The number of carbonyl (C=O) groups excluding carboxylic acids is 5. The van der Waals surface area contributed by atoms with Crippen LogP contribution in [0.2, 0.25) is 0 Å². The first-order chi connectivity index (χ1) is 37.5. The molecule has 0 radical (unpaired) electrons. The highest BCUT2D eigenvalue weighted by Crippen LogP contribution is 2.38. The number of ketones is 1. The molecule has 2 aliphatic heterocycles. The number of hydrogen-bond donors (Lipinski definition) is 5. The minimum atomic E-state index is -5.03. The molecule has 79 heavy (non-hydrogen) atoms. The highest BCUT2D eigenvalue weighted by atomic mass is 32.1. The highest BCUT2D eigenvalue weighted by molar-refractivity contribution is 7.13. The van der Waals surface area contributed by atoms with Gasteiger partial charge in [-0.05, 0) is 94.1 Å². The van der Waals surface area contributed by atoms with Crippen molar-refractivity contribution < 1.29 is 51.2 Å². The summed E-state index contributed by atoms with van der Waals surface area (Å²) in [4.78, 5) is 94.4. The third kappa shape index (κ3) is 13.3. The molecule has 2 aliphatic rings. The lowest BCUT2D eigenvalue weighted by atomic mass is 9.91. The largest absolute Gasteiger partial charge is 0.417 e. The number of likely N-dealkylation sites (tertiary alicyclic amines) is 1. The number of aliphatic hydroxyl groups is 1. The Labute approximate surface area is 457 Å². The lowest BCUT2D eigenvalue weighted by Gasteiger charge is -2.44. The summed E-state index contributed by atoms with van der Waals surface area (Å²) in [5.41, 5.74) is 2.14. The maximum Gasteiger partial charge on any atom is 0.417 e. The molecule has 2 saturated heterocycles. The molecule has 3 aromatic heterocycles. The molecule has 0 saturated carbocycles. The first-order valence-corrected chi connectivity index (χ1v) is 26.9. The average Bonchev–Trinajstić information content (AvgIpc) is 4.19. The molecular formula is C57H63F4N9O8S. The topological polar surface area (TPSA) is 223 Å². The Morgan fingerprint density at radius 3 is 2.28 bits per heavy atom. The van der Waals surface area contributed by atoms with Crippen LogP contribution in [0.4, 0.5) is 28.9 Å². The number of rotatable bonds is 18. The minimum absolute atomic E-state index is 0.00584. The SMILES string of the molecule is Cc1cc([C@H](C(=O)N2C[C@H](O)C[C@H]2C(=O)N[C@@H](CC(=O)CCCNC(=O)c2ccc(F)c(-c3ccc(N4C[C@@H](C)N(C)[C@@H](C)C4)c(NC(=O)c4c[nH]c(=O)cc4C(F)(F)F)c3)c2)c2ccc(-c3scnc3C)cc2)C(C)C)on1. The van der Waals surface area contributed by atoms with Crippen LogP contribution in [0, 0.1) is 25.6 Å². The number of aliphatic hydroxyl groups excluding tert-OH is 1. The molecule has 418 valence electrons. The van der Waals surface area contributed by atoms with Crippen LogP contribution in [0.5, 0.6) is 0 Å². The number of benzene rings is 3. The molecule has 6 aromatic rings. The van der Waals surface area contributed by atoms with E-state index in [0.29, 0.717) is 48.1 Å². The Balaban J connectivity index is 0.962. The second-order valence-corrected chi connectivity index (χ2v) is 21.7. The molecule has 5 heterocycles. The predicted molar refractivity (Wildman–Crippen MR) is 290 cm³/mol. The Hall–Kier alpha value is -7.56. The standard InChI is InChI=1S/C57H63F4N9O8S/c1-30(2)51(49-19-31(3)67-78-49)56(77)70-28-40(72)23-48(70)55(76)65-45(35-10-12-36(13-11-35)52-34(6)64-29-79-52)22-39(71)9-8-18-62-53(74)38-14-16-44(58)41(20-38)37-15-17-47(69-26-32(4)68(7)33(5)27-69)46(21-37)66-54(75)42-25-63-50(73)24-43(42)57(59,60)61/h10-17,19-21,24-25,29-30,32-33,40,45,48,51,72H,8-9,18,22-23,26-28H2,1-7H3,(H,62,74)(H,63,73)(H,65,76)(H,66,75)/t32-,33+,40-,45+,48+,51-/m1/s1. The van der Waals surface area contributed by atoms with Crippen molar-refractivity contribution in [1.82, 2.24) is 35.6 Å². The van der Waals surface area contributed by atoms with Gasteiger partial charge in [-0.25, -0.2) is 9.37 Å². The number of nitrogens with one attached hydrogen (secondary N) is 4. The molecule has 6 atom stereocenters. The van der Waals surface area contributed by atoms with E-state index >= 15 is 4.39 Å². The van der Waals surface area contributed by atoms with Gasteiger partial charge in [0.25, 0.3) is 11.8 Å². The third-order valence-corrected chi connectivity index (χ3v) is 15.7. The Bertz CT molecular complexity index is 3280. The van der Waals surface area contributed by atoms with E-state index in [0.717, 1.165) is 22.2 Å². The van der Waals surface area contributed by atoms with Crippen molar-refractivity contribution in [3.8, 4) is 21.6 Å². The van der Waals surface area contributed by atoms with Gasteiger partial charge in [0, 0.05) is 87.0 Å². The number of β-amino-alcohol motifs (C(OH)–C–C–N with tert-alkyl or cyclic N) is 1. The van der Waals surface area contributed by atoms with Crippen LogP contribution < -0.4 is 26.4 Å². The molecule has 3 aromatic carbocycles. The molecule has 0 unspecified atom stereocenters. The number of halogens is 4. The number of anilines is 2. The number of pyridine rings is 1. The van der Waals surface area contributed by atoms with Crippen molar-refractivity contribution in [2.75, 3.05) is 43.4 Å². The number of piperazine rings is 1. The Morgan fingerprint density at radius 2 is 1.63 bits per heavy atom. The first-order valence-electron chi connectivity index (χ1n) is 26.0. The maximum absolute atomic E-state index is 15.8. The fraction of sp³-hybridized carbons (Fsp3) is 0.404. The van der Waals surface area contributed by atoms with E-state index in [2.05, 4.69) is 36.0 Å². The van der Waals surface area contributed by atoms with Gasteiger partial charge >= 0.3 is 6.18 Å². The van der Waals surface area contributed by atoms with Crippen LogP contribution in [-0.4, -0.2) is 117 Å². The predicted octanol–water partition coefficient (Wildman–Crippen LogP) is 8.44. The monoisotopic (exact) mass is 1110 g/mol. The minimum Gasteiger partial charge on any atom is -0.391 e. The highest BCUT2D eigenvalue weighted by Gasteiger charge is 2.44. The first kappa shape index (κ1) is 57.6. The molecule has 0 bridgehead atoms. The number of hydrogen-bond acceptors (Lipinski definition) is 13. The number of amides is 4. The number of thiazole rings is 1. The lowest BCUT2D eigenvalue weighted by molar-refractivity contribution is -0.141. The van der Waals surface area contributed by atoms with Crippen molar-refractivity contribution in [2.24, 2.45) is 5.92 Å². The van der Waals surface area contributed by atoms with Gasteiger partial charge in [-0.1, -0.05) is 49.3 Å². The lowest BCUT2D eigenvalue weighted by Crippen LogP contribution is -2.55. The van der Waals surface area contributed by atoms with E-state index in [9.17, 15) is 47.0 Å². The van der Waals surface area contributed by atoms with Crippen LogP contribution in [0.3, 0.4) is 0 Å². The smallest absolute Gasteiger partial charge is 0.391 e. The Morgan fingerprint density at radius 1 is 0.924 bits per heavy atom. The van der Waals surface area contributed by atoms with E-state index < -0.39 is 76.4 Å². The van der Waals surface area contributed by atoms with Crippen molar-refractivity contribution >= 4 is 52.1 Å². The molecule has 4 amide bonds. The maximum atomic E-state index is 15.8. The van der Waals surface area contributed by atoms with Gasteiger partial charge in [0.1, 0.15) is 29.3 Å². The number of carbonyl (C=O) groups is 5. The van der Waals surface area contributed by atoms with Crippen molar-refractivity contribution in [2.45, 2.75) is 110 Å². The summed E-state index contributed by atoms with van der Waals surface area (Å²) >= 11 is 1.48. The molecular weight excluding hydrogens is 1050 g/mol. The van der Waals surface area contributed by atoms with Crippen molar-refractivity contribution in [1.29, 1.82) is 0 Å². The summed E-state index contributed by atoms with van der Waals surface area (Å²) < 4.78 is 63.5. The number of alkyl halides is 3. The van der Waals surface area contributed by atoms with Crippen molar-refractivity contribution in [3.05, 3.63) is 140 Å². The van der Waals surface area contributed by atoms with Gasteiger partial charge in [0.2, 0.25) is 17.4 Å². The number of Topliss-reactive ketones (excluding diaryl/α,β-unsaturated/α-hetero) is 1. The van der Waals surface area contributed by atoms with Crippen LogP contribution >= 0.6 is 11.3 Å². The number of likely N-dealkylation sites (N-methyl/N-ethyl adjacent to an activating group) is 1. The Kier molecular flexibility index (Phi) is 17.7. The van der Waals surface area contributed by atoms with Gasteiger partial charge in [0.15, 0.2) is 0 Å². The third-order valence-electron chi connectivity index (χ3n) is 14.7. The summed E-state index contributed by atoms with van der Waals surface area (Å²) in [7, 11) is 1.97. The molecule has 0 aliphatic carbocycles. The second-order valence-electron chi connectivity index (χ2n) is 20.8. The fourth-order valence-electron chi connectivity index (χ4n) is 10.3. The van der Waals surface area contributed by atoms with E-state index in [1.54, 1.807) is 30.6 Å². The summed E-state index contributed by atoms with van der Waals surface area (Å²) in [6.07, 6.45) is -5.29. The van der Waals surface area contributed by atoms with Gasteiger partial charge < -0.3 is 40.4 Å². The molecule has 2 fully saturated rings. The zero-order valence-electron chi connectivity index (χ0n) is 44.7. The van der Waals surface area contributed by atoms with E-state index in [4.69, 9.17) is 4.52 Å². The van der Waals surface area contributed by atoms with E-state index in [1.807, 2.05) is 70.8 Å². The zero-order chi connectivity index (χ0) is 57.0. The summed E-state index contributed by atoms with van der Waals surface area (Å²) in [5.74, 6) is -4.31. The molecule has 8 rings (SSSR count). The quantitative estimate of drug-likeness (QED) is 0.0404. The van der Waals surface area contributed by atoms with E-state index in [1.165, 1.54) is 34.4 Å². The van der Waals surface area contributed by atoms with Gasteiger partial charge in [-0.2, -0.15) is 13.2 Å². The van der Waals surface area contributed by atoms with Crippen molar-refractivity contribution in [3.63, 3.8) is 0 Å². The number of H-pyrrole nitrogens is 1. The molecule has 0 spiro atoms.